The second kappa shape index (κ2) is 12.9. The van der Waals surface area contributed by atoms with Crippen molar-refractivity contribution in [2.24, 2.45) is 0 Å². The maximum Gasteiger partial charge on any atom is 0.305 e. The van der Waals surface area contributed by atoms with E-state index in [1.807, 2.05) is 13.8 Å². The van der Waals surface area contributed by atoms with Crippen molar-refractivity contribution in [2.45, 2.75) is 52.9 Å². The van der Waals surface area contributed by atoms with Gasteiger partial charge in [-0.15, -0.1) is 0 Å². The van der Waals surface area contributed by atoms with Gasteiger partial charge in [0.25, 0.3) is 0 Å². The zero-order valence-corrected chi connectivity index (χ0v) is 9.91. The SMILES string of the molecule is CCCCC(=O)O.CCCOC(=O)CC. The van der Waals surface area contributed by atoms with Crippen LogP contribution in [-0.2, 0) is 14.3 Å². The van der Waals surface area contributed by atoms with Crippen molar-refractivity contribution < 1.29 is 19.4 Å². The molecule has 0 aromatic rings. The number of carboxylic acids is 1. The summed E-state index contributed by atoms with van der Waals surface area (Å²) in [6.07, 6.45) is 3.48. The summed E-state index contributed by atoms with van der Waals surface area (Å²) in [7, 11) is 0. The molecule has 0 rings (SSSR count). The van der Waals surface area contributed by atoms with Crippen LogP contribution in [0.25, 0.3) is 0 Å². The van der Waals surface area contributed by atoms with Gasteiger partial charge < -0.3 is 9.84 Å². The van der Waals surface area contributed by atoms with Crippen LogP contribution in [-0.4, -0.2) is 23.7 Å². The van der Waals surface area contributed by atoms with E-state index in [0.717, 1.165) is 19.3 Å². The summed E-state index contributed by atoms with van der Waals surface area (Å²) in [6, 6.07) is 0. The van der Waals surface area contributed by atoms with Crippen LogP contribution in [0.4, 0.5) is 0 Å². The van der Waals surface area contributed by atoms with Gasteiger partial charge in [0.05, 0.1) is 6.61 Å². The predicted octanol–water partition coefficient (Wildman–Crippen LogP) is 2.61. The molecule has 0 amide bonds. The largest absolute Gasteiger partial charge is 0.481 e. The summed E-state index contributed by atoms with van der Waals surface area (Å²) in [4.78, 5) is 20.1. The Balaban J connectivity index is 0. The standard InChI is InChI=1S/C6H12O2.C5H10O2/c1-3-5-8-6(7)4-2;1-2-3-4-5(6)7/h3-5H2,1-2H3;2-4H2,1H3,(H,6,7). The van der Waals surface area contributed by atoms with Crippen molar-refractivity contribution in [3.63, 3.8) is 0 Å². The molecule has 4 heteroatoms. The van der Waals surface area contributed by atoms with Crippen LogP contribution >= 0.6 is 0 Å². The normalized spacial score (nSPS) is 8.73. The maximum absolute atomic E-state index is 10.3. The van der Waals surface area contributed by atoms with Gasteiger partial charge in [0, 0.05) is 12.8 Å². The van der Waals surface area contributed by atoms with Crippen LogP contribution in [0, 0.1) is 0 Å². The molecule has 0 heterocycles. The average molecular weight is 218 g/mol. The van der Waals surface area contributed by atoms with E-state index in [2.05, 4.69) is 0 Å². The molecule has 0 saturated heterocycles. The lowest BCUT2D eigenvalue weighted by molar-refractivity contribution is -0.143. The van der Waals surface area contributed by atoms with Crippen LogP contribution in [0.2, 0.25) is 0 Å². The van der Waals surface area contributed by atoms with Gasteiger partial charge in [-0.2, -0.15) is 0 Å². The van der Waals surface area contributed by atoms with Crippen LogP contribution in [0.5, 0.6) is 0 Å². The highest BCUT2D eigenvalue weighted by Gasteiger charge is 1.93. The third-order valence-corrected chi connectivity index (χ3v) is 1.50. The van der Waals surface area contributed by atoms with Gasteiger partial charge in [-0.25, -0.2) is 0 Å². The van der Waals surface area contributed by atoms with Gasteiger partial charge in [0.2, 0.25) is 0 Å². The first kappa shape index (κ1) is 16.4. The molecule has 0 fully saturated rings. The first-order valence-corrected chi connectivity index (χ1v) is 5.45. The van der Waals surface area contributed by atoms with Crippen LogP contribution in [0.3, 0.4) is 0 Å². The molecule has 4 nitrogen and oxygen atoms in total. The minimum absolute atomic E-state index is 0.105. The number of rotatable bonds is 6. The summed E-state index contributed by atoms with van der Waals surface area (Å²) < 4.78 is 4.70. The first-order chi connectivity index (χ1) is 7.08. The van der Waals surface area contributed by atoms with E-state index in [1.165, 1.54) is 0 Å². The lowest BCUT2D eigenvalue weighted by atomic mass is 10.3. The van der Waals surface area contributed by atoms with Crippen LogP contribution in [0.1, 0.15) is 52.9 Å². The number of ether oxygens (including phenoxy) is 1. The fourth-order valence-electron chi connectivity index (χ4n) is 0.646. The lowest BCUT2D eigenvalue weighted by Crippen LogP contribution is -2.02. The highest BCUT2D eigenvalue weighted by atomic mass is 16.5. The average Bonchev–Trinajstić information content (AvgIpc) is 2.23. The first-order valence-electron chi connectivity index (χ1n) is 5.45. The maximum atomic E-state index is 10.3. The molecule has 0 bridgehead atoms. The highest BCUT2D eigenvalue weighted by Crippen LogP contribution is 1.91. The molecular formula is C11H22O4. The number of carboxylic acid groups (broad SMARTS) is 1. The molecule has 0 unspecified atom stereocenters. The summed E-state index contributed by atoms with van der Waals surface area (Å²) in [6.45, 7) is 6.30. The molecular weight excluding hydrogens is 196 g/mol. The van der Waals surface area contributed by atoms with Crippen LogP contribution < -0.4 is 0 Å². The number of carbonyl (C=O) groups excluding carboxylic acids is 1. The van der Waals surface area contributed by atoms with Gasteiger partial charge in [0.1, 0.15) is 0 Å². The number of hydrogen-bond acceptors (Lipinski definition) is 3. The molecule has 0 spiro atoms. The Bertz CT molecular complexity index is 166. The van der Waals surface area contributed by atoms with E-state index in [0.29, 0.717) is 19.4 Å². The van der Waals surface area contributed by atoms with Crippen molar-refractivity contribution in [1.29, 1.82) is 0 Å². The lowest BCUT2D eigenvalue weighted by Gasteiger charge is -1.97. The second-order valence-electron chi connectivity index (χ2n) is 3.07. The summed E-state index contributed by atoms with van der Waals surface area (Å²) in [5, 5.41) is 8.04. The van der Waals surface area contributed by atoms with E-state index in [9.17, 15) is 9.59 Å². The van der Waals surface area contributed by atoms with Crippen LogP contribution in [0.15, 0.2) is 0 Å². The molecule has 0 saturated carbocycles. The molecule has 0 aromatic heterocycles. The highest BCUT2D eigenvalue weighted by molar-refractivity contribution is 5.68. The molecule has 90 valence electrons. The second-order valence-corrected chi connectivity index (χ2v) is 3.07. The zero-order valence-electron chi connectivity index (χ0n) is 9.91. The smallest absolute Gasteiger partial charge is 0.305 e. The quantitative estimate of drug-likeness (QED) is 0.696. The summed E-state index contributed by atoms with van der Waals surface area (Å²) >= 11 is 0. The van der Waals surface area contributed by atoms with E-state index in [1.54, 1.807) is 6.92 Å². The predicted molar refractivity (Wildman–Crippen MR) is 58.7 cm³/mol. The Kier molecular flexibility index (Phi) is 14.1. The minimum Gasteiger partial charge on any atom is -0.481 e. The number of hydrogen-bond donors (Lipinski definition) is 1. The summed E-state index contributed by atoms with van der Waals surface area (Å²) in [5.74, 6) is -0.797. The van der Waals surface area contributed by atoms with E-state index in [-0.39, 0.29) is 5.97 Å². The summed E-state index contributed by atoms with van der Waals surface area (Å²) in [5.41, 5.74) is 0. The fourth-order valence-corrected chi connectivity index (χ4v) is 0.646. The van der Waals surface area contributed by atoms with Crippen molar-refractivity contribution in [1.82, 2.24) is 0 Å². The Morgan fingerprint density at radius 1 is 1.13 bits per heavy atom. The minimum atomic E-state index is -0.693. The van der Waals surface area contributed by atoms with Gasteiger partial charge in [-0.3, -0.25) is 9.59 Å². The van der Waals surface area contributed by atoms with Gasteiger partial charge in [-0.05, 0) is 12.8 Å². The molecule has 0 aromatic carbocycles. The zero-order chi connectivity index (χ0) is 12.1. The third-order valence-electron chi connectivity index (χ3n) is 1.50. The Labute approximate surface area is 91.6 Å². The van der Waals surface area contributed by atoms with Crippen molar-refractivity contribution in [2.75, 3.05) is 6.61 Å². The number of unbranched alkanes of at least 4 members (excludes halogenated alkanes) is 1. The van der Waals surface area contributed by atoms with Gasteiger partial charge in [-0.1, -0.05) is 27.2 Å². The van der Waals surface area contributed by atoms with E-state index >= 15 is 0 Å². The topological polar surface area (TPSA) is 63.6 Å². The molecule has 0 aliphatic rings. The number of carbonyl (C=O) groups is 2. The molecule has 1 N–H and O–H groups in total. The van der Waals surface area contributed by atoms with E-state index < -0.39 is 5.97 Å². The number of aliphatic carboxylic acids is 1. The van der Waals surface area contributed by atoms with Gasteiger partial charge in [0.15, 0.2) is 0 Å². The van der Waals surface area contributed by atoms with Crippen molar-refractivity contribution in [3.05, 3.63) is 0 Å². The Hall–Kier alpha value is -1.06. The van der Waals surface area contributed by atoms with Crippen molar-refractivity contribution >= 4 is 11.9 Å². The van der Waals surface area contributed by atoms with Gasteiger partial charge >= 0.3 is 11.9 Å². The molecule has 15 heavy (non-hydrogen) atoms. The Morgan fingerprint density at radius 3 is 2.00 bits per heavy atom. The van der Waals surface area contributed by atoms with Crippen molar-refractivity contribution in [3.8, 4) is 0 Å². The fraction of sp³-hybridized carbons (Fsp3) is 0.818. The monoisotopic (exact) mass is 218 g/mol. The molecule has 0 aliphatic heterocycles. The molecule has 0 radical (unpaired) electrons. The third kappa shape index (κ3) is 19.4. The number of esters is 1. The molecule has 0 aliphatic carbocycles. The van der Waals surface area contributed by atoms with E-state index in [4.69, 9.17) is 9.84 Å². The Morgan fingerprint density at radius 2 is 1.73 bits per heavy atom. The molecule has 0 atom stereocenters.